The Morgan fingerprint density at radius 2 is 1.81 bits per heavy atom. The van der Waals surface area contributed by atoms with Crippen LogP contribution in [0.3, 0.4) is 0 Å². The van der Waals surface area contributed by atoms with E-state index in [2.05, 4.69) is 5.32 Å². The van der Waals surface area contributed by atoms with Crippen LogP contribution < -0.4 is 5.32 Å². The van der Waals surface area contributed by atoms with E-state index in [-0.39, 0.29) is 23.8 Å². The van der Waals surface area contributed by atoms with Crippen LogP contribution in [0.1, 0.15) is 39.0 Å². The third-order valence-electron chi connectivity index (χ3n) is 3.88. The first-order valence-electron chi connectivity index (χ1n) is 6.16. The van der Waals surface area contributed by atoms with E-state index in [1.165, 1.54) is 4.90 Å². The zero-order chi connectivity index (χ0) is 11.7. The van der Waals surface area contributed by atoms with Gasteiger partial charge >= 0.3 is 0 Å². The predicted molar refractivity (Wildman–Crippen MR) is 60.7 cm³/mol. The molecule has 2 fully saturated rings. The number of carbonyl (C=O) groups is 2. The lowest BCUT2D eigenvalue weighted by molar-refractivity contribution is -0.142. The molecule has 1 aliphatic heterocycles. The zero-order valence-electron chi connectivity index (χ0n) is 10.0. The molecule has 0 aromatic carbocycles. The second kappa shape index (κ2) is 4.53. The van der Waals surface area contributed by atoms with E-state index in [0.29, 0.717) is 12.5 Å². The molecule has 1 unspecified atom stereocenters. The second-order valence-corrected chi connectivity index (χ2v) is 5.00. The fraction of sp³-hybridized carbons (Fsp3) is 0.833. The smallest absolute Gasteiger partial charge is 0.232 e. The minimum Gasteiger partial charge on any atom is -0.317 e. The van der Waals surface area contributed by atoms with Gasteiger partial charge in [0.15, 0.2) is 0 Å². The van der Waals surface area contributed by atoms with Crippen LogP contribution in [0.2, 0.25) is 0 Å². The minimum atomic E-state index is -0.102. The number of hydrogen-bond donors (Lipinski definition) is 1. The van der Waals surface area contributed by atoms with Crippen LogP contribution in [0, 0.1) is 5.92 Å². The zero-order valence-corrected chi connectivity index (χ0v) is 10.0. The third kappa shape index (κ3) is 1.98. The summed E-state index contributed by atoms with van der Waals surface area (Å²) in [5.41, 5.74) is 0. The summed E-state index contributed by atoms with van der Waals surface area (Å²) in [6.07, 6.45) is 4.44. The number of nitrogens with one attached hydrogen (secondary N) is 1. The largest absolute Gasteiger partial charge is 0.317 e. The number of carbonyl (C=O) groups excluding carboxylic acids is 2. The van der Waals surface area contributed by atoms with Gasteiger partial charge in [-0.15, -0.1) is 0 Å². The molecule has 1 aliphatic carbocycles. The average Bonchev–Trinajstić information content (AvgIpc) is 2.54. The third-order valence-corrected chi connectivity index (χ3v) is 3.88. The Labute approximate surface area is 96.4 Å². The van der Waals surface area contributed by atoms with E-state index < -0.39 is 0 Å². The first-order valence-corrected chi connectivity index (χ1v) is 6.16. The van der Waals surface area contributed by atoms with Crippen molar-refractivity contribution in [2.75, 3.05) is 7.05 Å². The van der Waals surface area contributed by atoms with E-state index in [4.69, 9.17) is 0 Å². The summed E-state index contributed by atoms with van der Waals surface area (Å²) in [6, 6.07) is 0.719. The number of rotatable bonds is 2. The van der Waals surface area contributed by atoms with Crippen LogP contribution in [0.25, 0.3) is 0 Å². The van der Waals surface area contributed by atoms with Crippen LogP contribution in [0.15, 0.2) is 0 Å². The first kappa shape index (κ1) is 11.6. The van der Waals surface area contributed by atoms with Crippen LogP contribution in [0.5, 0.6) is 0 Å². The molecule has 0 spiro atoms. The van der Waals surface area contributed by atoms with Crippen molar-refractivity contribution in [3.05, 3.63) is 0 Å². The summed E-state index contributed by atoms with van der Waals surface area (Å²) in [5.74, 6) is -0.0298. The molecule has 0 bridgehead atoms. The standard InChI is InChI=1S/C12H20N2O2/c1-8-7-11(15)14(12(8)16)10-5-3-9(13-2)4-6-10/h8-10,13H,3-7H2,1-2H3. The maximum absolute atomic E-state index is 11.9. The van der Waals surface area contributed by atoms with E-state index in [9.17, 15) is 9.59 Å². The molecule has 1 saturated carbocycles. The Bertz CT molecular complexity index is 295. The van der Waals surface area contributed by atoms with Crippen molar-refractivity contribution in [2.45, 2.75) is 51.1 Å². The summed E-state index contributed by atoms with van der Waals surface area (Å²) in [7, 11) is 1.97. The van der Waals surface area contributed by atoms with Gasteiger partial charge in [-0.25, -0.2) is 0 Å². The quantitative estimate of drug-likeness (QED) is 0.709. The summed E-state index contributed by atoms with van der Waals surface area (Å²) >= 11 is 0. The SMILES string of the molecule is CNC1CCC(N2C(=O)CC(C)C2=O)CC1. The van der Waals surface area contributed by atoms with E-state index >= 15 is 0 Å². The molecule has 1 atom stereocenters. The van der Waals surface area contributed by atoms with Gasteiger partial charge in [-0.05, 0) is 32.7 Å². The lowest BCUT2D eigenvalue weighted by Crippen LogP contribution is -2.44. The normalized spacial score (nSPS) is 35.9. The molecule has 2 amide bonds. The molecule has 1 heterocycles. The fourth-order valence-electron chi connectivity index (χ4n) is 2.81. The van der Waals surface area contributed by atoms with Crippen molar-refractivity contribution in [3.8, 4) is 0 Å². The first-order chi connectivity index (χ1) is 7.63. The van der Waals surface area contributed by atoms with E-state index in [0.717, 1.165) is 25.7 Å². The van der Waals surface area contributed by atoms with Gasteiger partial charge in [-0.2, -0.15) is 0 Å². The summed E-state index contributed by atoms with van der Waals surface area (Å²) in [5, 5.41) is 3.26. The van der Waals surface area contributed by atoms with Gasteiger partial charge in [0.25, 0.3) is 0 Å². The minimum absolute atomic E-state index is 0.0328. The van der Waals surface area contributed by atoms with Gasteiger partial charge in [-0.3, -0.25) is 14.5 Å². The Hall–Kier alpha value is -0.900. The Morgan fingerprint density at radius 3 is 2.25 bits per heavy atom. The highest BCUT2D eigenvalue weighted by atomic mass is 16.2. The topological polar surface area (TPSA) is 49.4 Å². The van der Waals surface area contributed by atoms with Gasteiger partial charge in [0, 0.05) is 24.4 Å². The lowest BCUT2D eigenvalue weighted by Gasteiger charge is -2.33. The van der Waals surface area contributed by atoms with E-state index in [1.807, 2.05) is 14.0 Å². The molecular formula is C12H20N2O2. The summed E-state index contributed by atoms with van der Waals surface area (Å²) in [6.45, 7) is 1.85. The molecule has 16 heavy (non-hydrogen) atoms. The summed E-state index contributed by atoms with van der Waals surface area (Å²) < 4.78 is 0. The Kier molecular flexibility index (Phi) is 3.28. The van der Waals surface area contributed by atoms with Gasteiger partial charge in [-0.1, -0.05) is 6.92 Å². The average molecular weight is 224 g/mol. The second-order valence-electron chi connectivity index (χ2n) is 5.00. The van der Waals surface area contributed by atoms with Crippen molar-refractivity contribution in [1.82, 2.24) is 10.2 Å². The molecular weight excluding hydrogens is 204 g/mol. The number of nitrogens with zero attached hydrogens (tertiary/aromatic N) is 1. The highest BCUT2D eigenvalue weighted by molar-refractivity contribution is 6.03. The van der Waals surface area contributed by atoms with Crippen molar-refractivity contribution in [1.29, 1.82) is 0 Å². The number of amides is 2. The predicted octanol–water partition coefficient (Wildman–Crippen LogP) is 0.912. The highest BCUT2D eigenvalue weighted by Gasteiger charge is 2.40. The molecule has 90 valence electrons. The maximum Gasteiger partial charge on any atom is 0.232 e. The van der Waals surface area contributed by atoms with Crippen molar-refractivity contribution < 1.29 is 9.59 Å². The molecule has 2 aliphatic rings. The highest BCUT2D eigenvalue weighted by Crippen LogP contribution is 2.29. The van der Waals surface area contributed by atoms with Gasteiger partial charge < -0.3 is 5.32 Å². The molecule has 0 aromatic rings. The van der Waals surface area contributed by atoms with Gasteiger partial charge in [0.2, 0.25) is 11.8 Å². The molecule has 0 aromatic heterocycles. The molecule has 2 rings (SSSR count). The lowest BCUT2D eigenvalue weighted by atomic mass is 9.90. The van der Waals surface area contributed by atoms with Crippen molar-refractivity contribution in [2.24, 2.45) is 5.92 Å². The van der Waals surface area contributed by atoms with Crippen LogP contribution in [0.4, 0.5) is 0 Å². The number of likely N-dealkylation sites (tertiary alicyclic amines) is 1. The van der Waals surface area contributed by atoms with Crippen LogP contribution in [-0.4, -0.2) is 35.8 Å². The molecule has 0 radical (unpaired) electrons. The molecule has 4 heteroatoms. The number of imide groups is 1. The molecule has 1 N–H and O–H groups in total. The monoisotopic (exact) mass is 224 g/mol. The number of hydrogen-bond acceptors (Lipinski definition) is 3. The van der Waals surface area contributed by atoms with Crippen molar-refractivity contribution >= 4 is 11.8 Å². The Morgan fingerprint density at radius 1 is 1.19 bits per heavy atom. The van der Waals surface area contributed by atoms with E-state index in [1.54, 1.807) is 0 Å². The van der Waals surface area contributed by atoms with Crippen LogP contribution >= 0.6 is 0 Å². The summed E-state index contributed by atoms with van der Waals surface area (Å²) in [4.78, 5) is 25.1. The Balaban J connectivity index is 1.99. The molecule has 4 nitrogen and oxygen atoms in total. The van der Waals surface area contributed by atoms with Gasteiger partial charge in [0.1, 0.15) is 0 Å². The fourth-order valence-corrected chi connectivity index (χ4v) is 2.81. The van der Waals surface area contributed by atoms with Crippen molar-refractivity contribution in [3.63, 3.8) is 0 Å². The molecule has 1 saturated heterocycles. The maximum atomic E-state index is 11.9. The van der Waals surface area contributed by atoms with Gasteiger partial charge in [0.05, 0.1) is 0 Å². The van der Waals surface area contributed by atoms with Crippen LogP contribution in [-0.2, 0) is 9.59 Å².